The second kappa shape index (κ2) is 7.59. The van der Waals surface area contributed by atoms with Crippen molar-refractivity contribution in [3.8, 4) is 0 Å². The molecule has 122 valence electrons. The highest BCUT2D eigenvalue weighted by molar-refractivity contribution is 7.89. The van der Waals surface area contributed by atoms with Crippen molar-refractivity contribution in [3.63, 3.8) is 0 Å². The number of sulfonamides is 1. The maximum Gasteiger partial charge on any atom is 0.443 e. The number of nitrogens with one attached hydrogen (secondary N) is 1. The molecule has 0 atom stereocenters. The van der Waals surface area contributed by atoms with E-state index in [9.17, 15) is 22.4 Å². The first-order chi connectivity index (χ1) is 10.3. The zero-order valence-corrected chi connectivity index (χ0v) is 12.7. The molecule has 2 amide bonds. The van der Waals surface area contributed by atoms with Gasteiger partial charge in [-0.1, -0.05) is 0 Å². The summed E-state index contributed by atoms with van der Waals surface area (Å²) < 4.78 is 46.6. The van der Waals surface area contributed by atoms with E-state index < -0.39 is 32.9 Å². The zero-order chi connectivity index (χ0) is 16.8. The van der Waals surface area contributed by atoms with Gasteiger partial charge in [0.2, 0.25) is 0 Å². The van der Waals surface area contributed by atoms with E-state index in [4.69, 9.17) is 0 Å². The van der Waals surface area contributed by atoms with Crippen molar-refractivity contribution in [3.05, 3.63) is 30.1 Å². The summed E-state index contributed by atoms with van der Waals surface area (Å²) >= 11 is 0. The van der Waals surface area contributed by atoms with Gasteiger partial charge in [0.25, 0.3) is 10.0 Å². The lowest BCUT2D eigenvalue weighted by molar-refractivity contribution is 0.103. The molecule has 1 aromatic rings. The number of benzene rings is 1. The number of ether oxygens (including phenoxy) is 2. The van der Waals surface area contributed by atoms with Crippen molar-refractivity contribution < 1.29 is 31.9 Å². The van der Waals surface area contributed by atoms with E-state index in [0.717, 1.165) is 24.3 Å². The number of amides is 2. The van der Waals surface area contributed by atoms with Crippen LogP contribution in [-0.2, 0) is 19.5 Å². The lowest BCUT2D eigenvalue weighted by atomic mass is 10.4. The van der Waals surface area contributed by atoms with Crippen LogP contribution in [0.2, 0.25) is 0 Å². The van der Waals surface area contributed by atoms with E-state index in [1.54, 1.807) is 5.43 Å². The van der Waals surface area contributed by atoms with Crippen molar-refractivity contribution in [1.82, 2.24) is 9.84 Å². The van der Waals surface area contributed by atoms with E-state index >= 15 is 0 Å². The van der Waals surface area contributed by atoms with Crippen molar-refractivity contribution in [2.24, 2.45) is 0 Å². The monoisotopic (exact) mass is 334 g/mol. The highest BCUT2D eigenvalue weighted by atomic mass is 32.2. The predicted molar refractivity (Wildman–Crippen MR) is 72.6 cm³/mol. The number of rotatable bonds is 4. The van der Waals surface area contributed by atoms with E-state index in [1.165, 1.54) is 13.8 Å². The first kappa shape index (κ1) is 17.7. The number of halogens is 1. The van der Waals surface area contributed by atoms with Crippen LogP contribution in [0.3, 0.4) is 0 Å². The molecule has 0 aliphatic rings. The molecule has 1 rings (SSSR count). The van der Waals surface area contributed by atoms with Crippen LogP contribution in [0, 0.1) is 5.82 Å². The number of carbonyl (C=O) groups excluding carboxylic acids is 2. The standard InChI is InChI=1S/C12H15FN2O6S/c1-3-20-11(16)14-15(12(17)21-4-2)22(18,19)10-7-5-9(13)6-8-10/h5-8H,3-4H2,1-2H3,(H,14,16). The fraction of sp³-hybridized carbons (Fsp3) is 0.333. The molecular formula is C12H15FN2O6S. The van der Waals surface area contributed by atoms with Gasteiger partial charge in [0.15, 0.2) is 0 Å². The Morgan fingerprint density at radius 1 is 1.14 bits per heavy atom. The van der Waals surface area contributed by atoms with Gasteiger partial charge in [-0.2, -0.15) is 8.42 Å². The number of hydrogen-bond acceptors (Lipinski definition) is 6. The molecule has 0 heterocycles. The lowest BCUT2D eigenvalue weighted by Gasteiger charge is -2.21. The summed E-state index contributed by atoms with van der Waals surface area (Å²) in [4.78, 5) is 22.7. The second-order valence-electron chi connectivity index (χ2n) is 3.75. The van der Waals surface area contributed by atoms with Crippen LogP contribution in [-0.4, -0.2) is 38.2 Å². The summed E-state index contributed by atoms with van der Waals surface area (Å²) in [5.41, 5.74) is 1.77. The van der Waals surface area contributed by atoms with Crippen LogP contribution in [0.4, 0.5) is 14.0 Å². The molecule has 0 saturated heterocycles. The Morgan fingerprint density at radius 2 is 1.68 bits per heavy atom. The van der Waals surface area contributed by atoms with Crippen molar-refractivity contribution in [2.45, 2.75) is 18.7 Å². The van der Waals surface area contributed by atoms with Crippen LogP contribution in [0.25, 0.3) is 0 Å². The van der Waals surface area contributed by atoms with E-state index in [1.807, 2.05) is 0 Å². The fourth-order valence-electron chi connectivity index (χ4n) is 1.34. The highest BCUT2D eigenvalue weighted by Gasteiger charge is 2.33. The largest absolute Gasteiger partial charge is 0.449 e. The van der Waals surface area contributed by atoms with Gasteiger partial charge in [-0.3, -0.25) is 0 Å². The van der Waals surface area contributed by atoms with Crippen LogP contribution >= 0.6 is 0 Å². The number of nitrogens with zero attached hydrogens (tertiary/aromatic N) is 1. The van der Waals surface area contributed by atoms with Gasteiger partial charge in [-0.25, -0.2) is 19.4 Å². The van der Waals surface area contributed by atoms with Gasteiger partial charge in [0, 0.05) is 0 Å². The molecule has 0 bridgehead atoms. The zero-order valence-electron chi connectivity index (χ0n) is 11.9. The summed E-state index contributed by atoms with van der Waals surface area (Å²) in [7, 11) is -4.47. The average Bonchev–Trinajstić information content (AvgIpc) is 2.45. The van der Waals surface area contributed by atoms with Crippen molar-refractivity contribution in [2.75, 3.05) is 13.2 Å². The second-order valence-corrected chi connectivity index (χ2v) is 5.54. The van der Waals surface area contributed by atoms with Gasteiger partial charge >= 0.3 is 12.2 Å². The quantitative estimate of drug-likeness (QED) is 0.840. The average molecular weight is 334 g/mol. The minimum absolute atomic E-state index is 0.00172. The number of carbonyl (C=O) groups is 2. The molecule has 0 saturated carbocycles. The molecule has 1 aromatic carbocycles. The summed E-state index contributed by atoms with van der Waals surface area (Å²) in [5, 5.41) is 0. The Bertz CT molecular complexity index is 632. The Labute approximate surface area is 126 Å². The third kappa shape index (κ3) is 4.32. The SMILES string of the molecule is CCOC(=O)NN(C(=O)OCC)S(=O)(=O)c1ccc(F)cc1. The van der Waals surface area contributed by atoms with Crippen LogP contribution < -0.4 is 5.43 Å². The predicted octanol–water partition coefficient (Wildman–Crippen LogP) is 1.63. The summed E-state index contributed by atoms with van der Waals surface area (Å²) in [6.45, 7) is 2.82. The first-order valence-corrected chi connectivity index (χ1v) is 7.68. The Balaban J connectivity index is 3.15. The van der Waals surface area contributed by atoms with Gasteiger partial charge < -0.3 is 9.47 Å². The van der Waals surface area contributed by atoms with E-state index in [-0.39, 0.29) is 17.6 Å². The van der Waals surface area contributed by atoms with Gasteiger partial charge in [0.05, 0.1) is 18.1 Å². The highest BCUT2D eigenvalue weighted by Crippen LogP contribution is 2.15. The topological polar surface area (TPSA) is 102 Å². The van der Waals surface area contributed by atoms with Gasteiger partial charge in [-0.05, 0) is 38.1 Å². The molecule has 0 spiro atoms. The first-order valence-electron chi connectivity index (χ1n) is 6.24. The summed E-state index contributed by atoms with van der Waals surface area (Å²) in [5.74, 6) is -0.653. The molecule has 0 radical (unpaired) electrons. The Hall–Kier alpha value is -2.36. The number of hydrogen-bond donors (Lipinski definition) is 1. The van der Waals surface area contributed by atoms with E-state index in [2.05, 4.69) is 9.47 Å². The Morgan fingerprint density at radius 3 is 2.18 bits per heavy atom. The minimum Gasteiger partial charge on any atom is -0.449 e. The van der Waals surface area contributed by atoms with Crippen molar-refractivity contribution >= 4 is 22.2 Å². The van der Waals surface area contributed by atoms with Crippen LogP contribution in [0.5, 0.6) is 0 Å². The molecule has 0 aliphatic carbocycles. The smallest absolute Gasteiger partial charge is 0.443 e. The van der Waals surface area contributed by atoms with Gasteiger partial charge in [0.1, 0.15) is 5.82 Å². The molecule has 0 aromatic heterocycles. The third-order valence-electron chi connectivity index (χ3n) is 2.25. The molecule has 0 fully saturated rings. The summed E-state index contributed by atoms with van der Waals surface area (Å²) in [6, 6.07) is 3.70. The molecule has 1 N–H and O–H groups in total. The normalized spacial score (nSPS) is 10.7. The van der Waals surface area contributed by atoms with Gasteiger partial charge in [-0.15, -0.1) is 4.41 Å². The molecule has 0 unspecified atom stereocenters. The third-order valence-corrected chi connectivity index (χ3v) is 3.84. The Kier molecular flexibility index (Phi) is 6.11. The fourth-order valence-corrected chi connectivity index (χ4v) is 2.48. The molecular weight excluding hydrogens is 319 g/mol. The number of hydrazine groups is 1. The maximum atomic E-state index is 12.9. The molecule has 10 heteroatoms. The molecule has 8 nitrogen and oxygen atoms in total. The van der Waals surface area contributed by atoms with E-state index in [0.29, 0.717) is 0 Å². The van der Waals surface area contributed by atoms with Crippen molar-refractivity contribution in [1.29, 1.82) is 0 Å². The van der Waals surface area contributed by atoms with Crippen LogP contribution in [0.15, 0.2) is 29.2 Å². The van der Waals surface area contributed by atoms with Crippen LogP contribution in [0.1, 0.15) is 13.8 Å². The summed E-state index contributed by atoms with van der Waals surface area (Å²) in [6.07, 6.45) is -2.47. The molecule has 0 aliphatic heterocycles. The maximum absolute atomic E-state index is 12.9. The lowest BCUT2D eigenvalue weighted by Crippen LogP contribution is -2.50. The minimum atomic E-state index is -4.47. The molecule has 22 heavy (non-hydrogen) atoms.